The van der Waals surface area contributed by atoms with Crippen molar-refractivity contribution in [2.75, 3.05) is 65.1 Å². The van der Waals surface area contributed by atoms with Crippen molar-refractivity contribution in [1.82, 2.24) is 4.31 Å². The Morgan fingerprint density at radius 2 is 1.04 bits per heavy atom. The molecule has 0 aromatic heterocycles. The first-order valence-corrected chi connectivity index (χ1v) is 19.0. The van der Waals surface area contributed by atoms with E-state index in [4.69, 9.17) is 18.9 Å². The number of aryl methyl sites for hydroxylation is 1. The number of nitrogens with zero attached hydrogens (tertiary/aromatic N) is 1. The molecule has 46 heavy (non-hydrogen) atoms. The molecule has 7 nitrogen and oxygen atoms in total. The van der Waals surface area contributed by atoms with Crippen molar-refractivity contribution in [2.24, 2.45) is 0 Å². The highest BCUT2D eigenvalue weighted by Crippen LogP contribution is 2.44. The van der Waals surface area contributed by atoms with Crippen molar-refractivity contribution < 1.29 is 27.4 Å². The molecular formula is C37H44NO6PS. The van der Waals surface area contributed by atoms with Crippen LogP contribution in [0.1, 0.15) is 28.9 Å². The molecule has 4 aromatic rings. The monoisotopic (exact) mass is 661 g/mol. The van der Waals surface area contributed by atoms with Gasteiger partial charge >= 0.3 is 0 Å². The first-order valence-electron chi connectivity index (χ1n) is 15.9. The van der Waals surface area contributed by atoms with Gasteiger partial charge in [-0.3, -0.25) is 0 Å². The van der Waals surface area contributed by atoms with Gasteiger partial charge in [-0.25, -0.2) is 8.42 Å². The van der Waals surface area contributed by atoms with Gasteiger partial charge in [0.25, 0.3) is 0 Å². The second kappa shape index (κ2) is 17.8. The van der Waals surface area contributed by atoms with Gasteiger partial charge in [0.2, 0.25) is 10.0 Å². The molecule has 0 radical (unpaired) electrons. The molecule has 0 aliphatic carbocycles. The Labute approximate surface area is 275 Å². The second-order valence-electron chi connectivity index (χ2n) is 11.2. The third-order valence-electron chi connectivity index (χ3n) is 7.96. The number of sulfonamides is 1. The van der Waals surface area contributed by atoms with E-state index in [2.05, 4.69) is 54.6 Å². The summed E-state index contributed by atoms with van der Waals surface area (Å²) in [7, 11) is -4.39. The van der Waals surface area contributed by atoms with Gasteiger partial charge in [0.15, 0.2) is 0 Å². The smallest absolute Gasteiger partial charge is 0.243 e. The molecule has 5 rings (SSSR count). The lowest BCUT2D eigenvalue weighted by molar-refractivity contribution is 0.00280. The van der Waals surface area contributed by atoms with E-state index in [1.54, 1.807) is 12.1 Å². The Hall–Kier alpha value is -2.94. The van der Waals surface area contributed by atoms with E-state index in [0.29, 0.717) is 26.4 Å². The summed E-state index contributed by atoms with van der Waals surface area (Å²) in [5.74, 6) is 0. The predicted molar refractivity (Wildman–Crippen MR) is 185 cm³/mol. The number of hydrogen-bond donors (Lipinski definition) is 0. The van der Waals surface area contributed by atoms with Gasteiger partial charge in [-0.05, 0) is 35.5 Å². The van der Waals surface area contributed by atoms with Crippen LogP contribution in [-0.2, 0) is 29.0 Å². The lowest BCUT2D eigenvalue weighted by atomic mass is 10.1. The molecule has 1 aliphatic rings. The Bertz CT molecular complexity index is 1480. The van der Waals surface area contributed by atoms with Gasteiger partial charge in [-0.15, -0.1) is 0 Å². The maximum Gasteiger partial charge on any atom is 0.243 e. The van der Waals surface area contributed by atoms with E-state index >= 15 is 0 Å². The minimum absolute atomic E-state index is 0.131. The quantitative estimate of drug-likeness (QED) is 0.232. The van der Waals surface area contributed by atoms with E-state index < -0.39 is 17.9 Å². The molecule has 1 aliphatic heterocycles. The maximum atomic E-state index is 13.5. The van der Waals surface area contributed by atoms with Gasteiger partial charge in [-0.1, -0.05) is 117 Å². The van der Waals surface area contributed by atoms with Crippen molar-refractivity contribution in [1.29, 1.82) is 0 Å². The van der Waals surface area contributed by atoms with Crippen LogP contribution in [0.4, 0.5) is 0 Å². The van der Waals surface area contributed by atoms with Crippen LogP contribution < -0.4 is 5.30 Å². The molecule has 244 valence electrons. The number of benzene rings is 4. The normalized spacial score (nSPS) is 20.8. The van der Waals surface area contributed by atoms with E-state index in [-0.39, 0.29) is 43.4 Å². The third kappa shape index (κ3) is 10.0. The van der Waals surface area contributed by atoms with Crippen LogP contribution >= 0.6 is 7.92 Å². The Balaban J connectivity index is 1.37. The summed E-state index contributed by atoms with van der Waals surface area (Å²) in [6, 6.07) is 38.3. The third-order valence-corrected chi connectivity index (χ3v) is 12.4. The number of rotatable bonds is 5. The summed E-state index contributed by atoms with van der Waals surface area (Å²) in [6.45, 7) is 4.38. The molecule has 0 spiro atoms. The van der Waals surface area contributed by atoms with E-state index in [1.807, 2.05) is 55.5 Å². The molecule has 0 unspecified atom stereocenters. The molecule has 0 amide bonds. The highest BCUT2D eigenvalue weighted by Gasteiger charge is 2.26. The molecule has 1 saturated heterocycles. The van der Waals surface area contributed by atoms with Crippen LogP contribution in [0, 0.1) is 6.92 Å². The minimum Gasteiger partial charge on any atom is -0.378 e. The first-order chi connectivity index (χ1) is 22.5. The summed E-state index contributed by atoms with van der Waals surface area (Å²) in [4.78, 5) is 0.262. The molecule has 0 N–H and O–H groups in total. The summed E-state index contributed by atoms with van der Waals surface area (Å²) < 4.78 is 53.5. The van der Waals surface area contributed by atoms with E-state index in [9.17, 15) is 8.42 Å². The highest BCUT2D eigenvalue weighted by molar-refractivity contribution is 7.89. The van der Waals surface area contributed by atoms with Crippen LogP contribution in [-0.4, -0.2) is 77.8 Å². The van der Waals surface area contributed by atoms with Crippen LogP contribution in [0.25, 0.3) is 0 Å². The van der Waals surface area contributed by atoms with Crippen LogP contribution in [0.2, 0.25) is 0 Å². The van der Waals surface area contributed by atoms with Gasteiger partial charge in [0, 0.05) is 25.4 Å². The van der Waals surface area contributed by atoms with Crippen LogP contribution in [0.5, 0.6) is 0 Å². The average Bonchev–Trinajstić information content (AvgIpc) is 3.09. The fourth-order valence-electron chi connectivity index (χ4n) is 5.42. The highest BCUT2D eigenvalue weighted by atomic mass is 32.2. The summed E-state index contributed by atoms with van der Waals surface area (Å²) in [6.07, 6.45) is 1.39. The molecule has 0 bridgehead atoms. The summed E-state index contributed by atoms with van der Waals surface area (Å²) >= 11 is 0. The Morgan fingerprint density at radius 1 is 0.587 bits per heavy atom. The average molecular weight is 662 g/mol. The number of ether oxygens (including phenoxy) is 4. The zero-order valence-corrected chi connectivity index (χ0v) is 28.2. The van der Waals surface area contributed by atoms with E-state index in [1.165, 1.54) is 9.61 Å². The van der Waals surface area contributed by atoms with Gasteiger partial charge < -0.3 is 18.9 Å². The van der Waals surface area contributed by atoms with Crippen molar-refractivity contribution in [3.8, 4) is 0 Å². The lowest BCUT2D eigenvalue weighted by Crippen LogP contribution is -2.37. The van der Waals surface area contributed by atoms with Crippen LogP contribution in [0.15, 0.2) is 120 Å². The van der Waals surface area contributed by atoms with Crippen molar-refractivity contribution in [3.05, 3.63) is 132 Å². The molecule has 0 saturated carbocycles. The topological polar surface area (TPSA) is 74.3 Å². The lowest BCUT2D eigenvalue weighted by Gasteiger charge is -2.29. The Morgan fingerprint density at radius 3 is 1.52 bits per heavy atom. The largest absolute Gasteiger partial charge is 0.378 e. The minimum atomic E-state index is -3.72. The number of hydrogen-bond acceptors (Lipinski definition) is 6. The maximum absolute atomic E-state index is 13.5. The van der Waals surface area contributed by atoms with Gasteiger partial charge in [-0.2, -0.15) is 4.31 Å². The van der Waals surface area contributed by atoms with Crippen LogP contribution in [0.3, 0.4) is 0 Å². The van der Waals surface area contributed by atoms with Gasteiger partial charge in [0.05, 0.1) is 56.7 Å². The first kappa shape index (κ1) is 34.4. The van der Waals surface area contributed by atoms with E-state index in [0.717, 1.165) is 29.0 Å². The summed E-state index contributed by atoms with van der Waals surface area (Å²) in [5.41, 5.74) is 3.26. The summed E-state index contributed by atoms with van der Waals surface area (Å²) in [5, 5.41) is 1.31. The second-order valence-corrected chi connectivity index (χ2v) is 15.5. The fraction of sp³-hybridized carbons (Fsp3) is 0.351. The Kier molecular flexibility index (Phi) is 13.3. The SMILES string of the molecule is Cc1ccc(S(=O)(=O)N2CCOCCO[C@@H](c3ccccc3)CP(c3ccccc3)C[C@H](c3ccccc3)OCCOCC2)cc1. The zero-order chi connectivity index (χ0) is 32.0. The molecule has 2 atom stereocenters. The standard InChI is InChI=1S/C37H44NO6PS/c1-31-17-19-35(20-18-31)46(39,40)38-21-23-41-25-27-43-36(32-11-5-2-6-12-32)29-45(34-15-9-4-10-16-34)30-37(33-13-7-3-8-14-33)44-28-26-42-24-22-38/h2-20,36-37H,21-30H2,1H3/t36-,37-/m1/s1. The van der Waals surface area contributed by atoms with Crippen molar-refractivity contribution >= 4 is 23.2 Å². The molecule has 1 heterocycles. The van der Waals surface area contributed by atoms with Crippen molar-refractivity contribution in [3.63, 3.8) is 0 Å². The van der Waals surface area contributed by atoms with Gasteiger partial charge in [0.1, 0.15) is 0 Å². The zero-order valence-electron chi connectivity index (χ0n) is 26.4. The fourth-order valence-corrected chi connectivity index (χ4v) is 9.42. The van der Waals surface area contributed by atoms with Crippen molar-refractivity contribution in [2.45, 2.75) is 24.0 Å². The molecule has 9 heteroatoms. The molecular weight excluding hydrogens is 617 g/mol. The molecule has 1 fully saturated rings. The predicted octanol–water partition coefficient (Wildman–Crippen LogP) is 6.36. The molecule has 4 aromatic carbocycles.